The molecule has 288 valence electrons. The van der Waals surface area contributed by atoms with Gasteiger partial charge in [-0.3, -0.25) is 0 Å². The van der Waals surface area contributed by atoms with Gasteiger partial charge in [-0.25, -0.2) is 15.0 Å². The molecule has 8 aromatic carbocycles. The highest BCUT2D eigenvalue weighted by molar-refractivity contribution is 6.23. The van der Waals surface area contributed by atoms with Crippen molar-refractivity contribution in [2.45, 2.75) is 19.3 Å². The summed E-state index contributed by atoms with van der Waals surface area (Å²) in [5, 5.41) is 3.80. The van der Waals surface area contributed by atoms with Crippen LogP contribution in [0.1, 0.15) is 25.0 Å². The largest absolute Gasteiger partial charge is 0.309 e. The van der Waals surface area contributed by atoms with Crippen molar-refractivity contribution < 1.29 is 0 Å². The molecule has 3 aromatic heterocycles. The van der Waals surface area contributed by atoms with Crippen molar-refractivity contribution in [3.63, 3.8) is 0 Å². The van der Waals surface area contributed by atoms with Crippen molar-refractivity contribution in [3.8, 4) is 67.9 Å². The third-order valence-corrected chi connectivity index (χ3v) is 12.5. The van der Waals surface area contributed by atoms with E-state index in [0.29, 0.717) is 17.5 Å². The number of hydrogen-bond acceptors (Lipinski definition) is 3. The molecule has 0 N–H and O–H groups in total. The Hall–Kier alpha value is -7.89. The minimum absolute atomic E-state index is 0.152. The smallest absolute Gasteiger partial charge is 0.164 e. The van der Waals surface area contributed by atoms with Crippen LogP contribution in [-0.4, -0.2) is 24.1 Å². The highest BCUT2D eigenvalue weighted by atomic mass is 15.0. The van der Waals surface area contributed by atoms with Gasteiger partial charge in [0.2, 0.25) is 0 Å². The number of nitrogens with zero attached hydrogens (tertiary/aromatic N) is 5. The molecule has 0 saturated heterocycles. The van der Waals surface area contributed by atoms with Crippen molar-refractivity contribution in [2.24, 2.45) is 0 Å². The van der Waals surface area contributed by atoms with Crippen LogP contribution in [0.25, 0.3) is 101 Å². The van der Waals surface area contributed by atoms with E-state index in [4.69, 9.17) is 15.0 Å². The van der Waals surface area contributed by atoms with E-state index in [2.05, 4.69) is 163 Å². The van der Waals surface area contributed by atoms with Gasteiger partial charge in [-0.2, -0.15) is 0 Å². The fraction of sp³-hybridized carbons (Fsp3) is 0.0536. The van der Waals surface area contributed by atoms with E-state index >= 15 is 0 Å². The van der Waals surface area contributed by atoms with Gasteiger partial charge in [0.15, 0.2) is 17.5 Å². The van der Waals surface area contributed by atoms with Crippen molar-refractivity contribution in [1.29, 1.82) is 0 Å². The number of fused-ring (bicyclic) bond motifs is 9. The van der Waals surface area contributed by atoms with Crippen molar-refractivity contribution in [1.82, 2.24) is 24.1 Å². The Morgan fingerprint density at radius 3 is 1.66 bits per heavy atom. The summed E-state index contributed by atoms with van der Waals surface area (Å²) in [4.78, 5) is 14.9. The van der Waals surface area contributed by atoms with Crippen LogP contribution in [0.3, 0.4) is 0 Å². The van der Waals surface area contributed by atoms with Crippen LogP contribution in [0.5, 0.6) is 0 Å². The first-order chi connectivity index (χ1) is 30.0. The maximum Gasteiger partial charge on any atom is 0.164 e. The molecule has 61 heavy (non-hydrogen) atoms. The third-order valence-electron chi connectivity index (χ3n) is 12.5. The van der Waals surface area contributed by atoms with Gasteiger partial charge in [0, 0.05) is 55.2 Å². The quantitative estimate of drug-likeness (QED) is 0.169. The van der Waals surface area contributed by atoms with Crippen molar-refractivity contribution >= 4 is 32.7 Å². The molecule has 12 rings (SSSR count). The van der Waals surface area contributed by atoms with Gasteiger partial charge >= 0.3 is 0 Å². The highest BCUT2D eigenvalue weighted by Gasteiger charge is 2.41. The number of aromatic nitrogens is 5. The van der Waals surface area contributed by atoms with E-state index in [9.17, 15) is 0 Å². The first kappa shape index (κ1) is 35.1. The van der Waals surface area contributed by atoms with Gasteiger partial charge in [0.05, 0.1) is 22.2 Å². The Labute approximate surface area is 353 Å². The molecular weight excluding hydrogens is 743 g/mol. The van der Waals surface area contributed by atoms with E-state index in [0.717, 1.165) is 33.5 Å². The summed E-state index contributed by atoms with van der Waals surface area (Å²) < 4.78 is 4.96. The second kappa shape index (κ2) is 13.6. The highest BCUT2D eigenvalue weighted by Crippen LogP contribution is 2.55. The molecule has 0 unspecified atom stereocenters. The van der Waals surface area contributed by atoms with E-state index in [1.54, 1.807) is 0 Å². The number of benzene rings is 8. The molecule has 1 aliphatic rings. The second-order valence-electron chi connectivity index (χ2n) is 16.4. The molecule has 0 atom stereocenters. The minimum atomic E-state index is -0.152. The summed E-state index contributed by atoms with van der Waals surface area (Å²) in [5.74, 6) is 1.94. The lowest BCUT2D eigenvalue weighted by molar-refractivity contribution is 0.666. The van der Waals surface area contributed by atoms with Gasteiger partial charge in [0.25, 0.3) is 0 Å². The summed E-state index contributed by atoms with van der Waals surface area (Å²) >= 11 is 0. The zero-order chi connectivity index (χ0) is 40.7. The summed E-state index contributed by atoms with van der Waals surface area (Å²) in [6.07, 6.45) is 0. The standard InChI is InChI=1S/C56H39N5/c1-56(2)46-27-14-12-25-43(46)52-50(56)45-33-34-48-49(51(45)61(52)41-23-10-5-11-24-41)44-26-13-15-28-47(44)60(48)42-31-29-36(30-32-42)39-21-16-22-40(35-39)55-58-53(37-17-6-3-7-18-37)57-54(59-55)38-19-8-4-9-20-38/h3-35H,1-2H3. The normalized spacial score (nSPS) is 12.9. The molecule has 0 saturated carbocycles. The van der Waals surface area contributed by atoms with Crippen LogP contribution >= 0.6 is 0 Å². The van der Waals surface area contributed by atoms with Crippen LogP contribution < -0.4 is 0 Å². The molecule has 3 heterocycles. The number of para-hydroxylation sites is 2. The Morgan fingerprint density at radius 1 is 0.393 bits per heavy atom. The van der Waals surface area contributed by atoms with Crippen LogP contribution in [0.2, 0.25) is 0 Å². The number of hydrogen-bond donors (Lipinski definition) is 0. The lowest BCUT2D eigenvalue weighted by atomic mass is 9.81. The van der Waals surface area contributed by atoms with Crippen molar-refractivity contribution in [2.75, 3.05) is 0 Å². The molecule has 0 amide bonds. The Balaban J connectivity index is 1.00. The SMILES string of the molecule is CC1(C)c2ccccc2-c2c1c1ccc3c(c4ccccc4n3-c3ccc(-c4cccc(-c5nc(-c6ccccc6)nc(-c6ccccc6)n5)c4)cc3)c1n2-c1ccccc1. The first-order valence-electron chi connectivity index (χ1n) is 20.9. The average molecular weight is 782 g/mol. The molecule has 0 fully saturated rings. The Kier molecular flexibility index (Phi) is 7.81. The molecule has 0 radical (unpaired) electrons. The molecule has 1 aliphatic carbocycles. The fourth-order valence-corrected chi connectivity index (χ4v) is 9.78. The fourth-order valence-electron chi connectivity index (χ4n) is 9.78. The molecule has 5 heteroatoms. The average Bonchev–Trinajstić information content (AvgIpc) is 3.94. The minimum Gasteiger partial charge on any atom is -0.309 e. The van der Waals surface area contributed by atoms with Crippen molar-refractivity contribution in [3.05, 3.63) is 211 Å². The molecule has 11 aromatic rings. The van der Waals surface area contributed by atoms with Crippen LogP contribution in [-0.2, 0) is 5.41 Å². The van der Waals surface area contributed by atoms with E-state index in [1.165, 1.54) is 60.8 Å². The van der Waals surface area contributed by atoms with Gasteiger partial charge in [-0.15, -0.1) is 0 Å². The summed E-state index contributed by atoms with van der Waals surface area (Å²) in [5.41, 5.74) is 16.2. The lowest BCUT2D eigenvalue weighted by Crippen LogP contribution is -2.14. The Morgan fingerprint density at radius 2 is 0.951 bits per heavy atom. The zero-order valence-electron chi connectivity index (χ0n) is 33.8. The van der Waals surface area contributed by atoms with Crippen LogP contribution in [0.15, 0.2) is 200 Å². The van der Waals surface area contributed by atoms with Crippen LogP contribution in [0.4, 0.5) is 0 Å². The summed E-state index contributed by atoms with van der Waals surface area (Å²) in [7, 11) is 0. The van der Waals surface area contributed by atoms with Gasteiger partial charge in [0.1, 0.15) is 0 Å². The maximum absolute atomic E-state index is 4.99. The summed E-state index contributed by atoms with van der Waals surface area (Å²) in [6, 6.07) is 71.1. The molecular formula is C56H39N5. The maximum atomic E-state index is 4.99. The second-order valence-corrected chi connectivity index (χ2v) is 16.4. The third kappa shape index (κ3) is 5.44. The van der Waals surface area contributed by atoms with Crippen LogP contribution in [0, 0.1) is 0 Å². The van der Waals surface area contributed by atoms with E-state index in [-0.39, 0.29) is 5.41 Å². The number of rotatable bonds is 6. The van der Waals surface area contributed by atoms with E-state index in [1.807, 2.05) is 60.7 Å². The molecule has 0 spiro atoms. The lowest BCUT2D eigenvalue weighted by Gasteiger charge is -2.21. The summed E-state index contributed by atoms with van der Waals surface area (Å²) in [6.45, 7) is 4.76. The first-order valence-corrected chi connectivity index (χ1v) is 20.9. The topological polar surface area (TPSA) is 48.5 Å². The zero-order valence-corrected chi connectivity index (χ0v) is 33.8. The predicted octanol–water partition coefficient (Wildman–Crippen LogP) is 13.9. The Bertz CT molecular complexity index is 3410. The molecule has 0 aliphatic heterocycles. The monoisotopic (exact) mass is 781 g/mol. The predicted molar refractivity (Wildman–Crippen MR) is 250 cm³/mol. The van der Waals surface area contributed by atoms with Gasteiger partial charge in [-0.1, -0.05) is 172 Å². The molecule has 0 bridgehead atoms. The van der Waals surface area contributed by atoms with Gasteiger partial charge in [-0.05, 0) is 64.7 Å². The van der Waals surface area contributed by atoms with Gasteiger partial charge < -0.3 is 9.13 Å². The molecule has 5 nitrogen and oxygen atoms in total. The van der Waals surface area contributed by atoms with E-state index < -0.39 is 0 Å².